The van der Waals surface area contributed by atoms with Gasteiger partial charge >= 0.3 is 12.1 Å². The molecule has 0 spiro atoms. The fourth-order valence-corrected chi connectivity index (χ4v) is 6.64. The van der Waals surface area contributed by atoms with Crippen molar-refractivity contribution in [1.82, 2.24) is 10.2 Å². The fourth-order valence-electron chi connectivity index (χ4n) is 6.64. The van der Waals surface area contributed by atoms with Crippen LogP contribution in [0.15, 0.2) is 48.5 Å². The molecule has 2 N–H and O–H groups in total. The lowest BCUT2D eigenvalue weighted by Crippen LogP contribution is -2.66. The topological polar surface area (TPSA) is 95.9 Å². The lowest BCUT2D eigenvalue weighted by atomic mass is 9.69. The summed E-state index contributed by atoms with van der Waals surface area (Å²) >= 11 is 0. The molecular weight excluding hydrogens is 444 g/mol. The minimum Gasteiger partial charge on any atom is -0.479 e. The van der Waals surface area contributed by atoms with Crippen LogP contribution in [0, 0.1) is 11.8 Å². The molecule has 182 valence electrons. The van der Waals surface area contributed by atoms with Gasteiger partial charge in [-0.2, -0.15) is 0 Å². The second-order valence-corrected chi connectivity index (χ2v) is 10.6. The highest BCUT2D eigenvalue weighted by molar-refractivity contribution is 5.89. The number of amides is 2. The molecule has 35 heavy (non-hydrogen) atoms. The van der Waals surface area contributed by atoms with E-state index < -0.39 is 17.6 Å². The number of carboxylic acid groups (broad SMARTS) is 1. The van der Waals surface area contributed by atoms with E-state index in [0.29, 0.717) is 38.1 Å². The first kappa shape index (κ1) is 22.1. The van der Waals surface area contributed by atoms with Crippen LogP contribution in [-0.2, 0) is 14.3 Å². The van der Waals surface area contributed by atoms with Gasteiger partial charge in [-0.15, -0.1) is 0 Å². The predicted octanol–water partition coefficient (Wildman–Crippen LogP) is 4.16. The van der Waals surface area contributed by atoms with Gasteiger partial charge in [0, 0.05) is 24.4 Å². The number of alkyl carbamates (subject to hydrolysis) is 1. The summed E-state index contributed by atoms with van der Waals surface area (Å²) in [6, 6.07) is 16.3. The van der Waals surface area contributed by atoms with Crippen molar-refractivity contribution in [3.63, 3.8) is 0 Å². The first-order valence-corrected chi connectivity index (χ1v) is 12.6. The van der Waals surface area contributed by atoms with Crippen molar-refractivity contribution in [2.24, 2.45) is 11.8 Å². The monoisotopic (exact) mass is 474 g/mol. The molecule has 2 aromatic carbocycles. The lowest BCUT2D eigenvalue weighted by Gasteiger charge is -2.53. The second-order valence-electron chi connectivity index (χ2n) is 10.6. The number of hydrogen-bond acceptors (Lipinski definition) is 4. The summed E-state index contributed by atoms with van der Waals surface area (Å²) in [5.41, 5.74) is 3.67. The molecule has 7 nitrogen and oxygen atoms in total. The Morgan fingerprint density at radius 2 is 1.57 bits per heavy atom. The summed E-state index contributed by atoms with van der Waals surface area (Å²) in [7, 11) is 0. The quantitative estimate of drug-likeness (QED) is 0.679. The number of benzene rings is 2. The van der Waals surface area contributed by atoms with Crippen molar-refractivity contribution in [3.8, 4) is 11.1 Å². The Balaban J connectivity index is 1.03. The lowest BCUT2D eigenvalue weighted by molar-refractivity contribution is -0.174. The van der Waals surface area contributed by atoms with Crippen LogP contribution in [-0.4, -0.2) is 52.7 Å². The van der Waals surface area contributed by atoms with E-state index in [9.17, 15) is 19.5 Å². The minimum atomic E-state index is -1.03. The van der Waals surface area contributed by atoms with E-state index in [1.54, 1.807) is 4.90 Å². The Morgan fingerprint density at radius 1 is 0.971 bits per heavy atom. The molecule has 2 amide bonds. The van der Waals surface area contributed by atoms with E-state index in [0.717, 1.165) is 12.8 Å². The maximum atomic E-state index is 13.2. The van der Waals surface area contributed by atoms with Gasteiger partial charge in [0.15, 0.2) is 0 Å². The molecule has 2 aromatic rings. The smallest absolute Gasteiger partial charge is 0.407 e. The average molecular weight is 475 g/mol. The summed E-state index contributed by atoms with van der Waals surface area (Å²) in [6.45, 7) is 0.803. The van der Waals surface area contributed by atoms with Crippen LogP contribution >= 0.6 is 0 Å². The van der Waals surface area contributed by atoms with Gasteiger partial charge < -0.3 is 20.1 Å². The number of nitrogens with one attached hydrogen (secondary N) is 1. The standard InChI is InChI=1S/C28H30N2O5/c31-25(30-15-17-9-11-28(30,12-10-17)26(32)33)18-13-19(14-18)29-27(34)35-16-24-22-7-3-1-5-20(22)21-6-2-4-8-23(21)24/h1-8,17-19,24H,9-16H2,(H,29,34)(H,32,33). The van der Waals surface area contributed by atoms with Crippen molar-refractivity contribution < 1.29 is 24.2 Å². The van der Waals surface area contributed by atoms with Gasteiger partial charge in [0.25, 0.3) is 0 Å². The first-order valence-electron chi connectivity index (χ1n) is 12.6. The third kappa shape index (κ3) is 3.60. The maximum Gasteiger partial charge on any atom is 0.407 e. The molecule has 0 aromatic heterocycles. The Bertz CT molecular complexity index is 1130. The molecule has 0 atom stereocenters. The number of ether oxygens (including phenoxy) is 1. The number of rotatable bonds is 5. The fraction of sp³-hybridized carbons (Fsp3) is 0.464. The van der Waals surface area contributed by atoms with Crippen molar-refractivity contribution in [1.29, 1.82) is 0 Å². The van der Waals surface area contributed by atoms with E-state index in [1.165, 1.54) is 22.3 Å². The summed E-state index contributed by atoms with van der Waals surface area (Å²) in [5.74, 6) is -0.760. The molecule has 0 radical (unpaired) electrons. The van der Waals surface area contributed by atoms with Gasteiger partial charge in [-0.1, -0.05) is 48.5 Å². The number of nitrogens with zero attached hydrogens (tertiary/aromatic N) is 1. The van der Waals surface area contributed by atoms with Crippen LogP contribution in [0.4, 0.5) is 4.79 Å². The van der Waals surface area contributed by atoms with Gasteiger partial charge in [0.1, 0.15) is 12.1 Å². The highest BCUT2D eigenvalue weighted by Crippen LogP contribution is 2.46. The minimum absolute atomic E-state index is 0.00518. The van der Waals surface area contributed by atoms with E-state index >= 15 is 0 Å². The highest BCUT2D eigenvalue weighted by atomic mass is 16.5. The Labute approximate surface area is 204 Å². The third-order valence-corrected chi connectivity index (χ3v) is 8.71. The number of piperidine rings is 2. The number of aliphatic carboxylic acids is 1. The van der Waals surface area contributed by atoms with Crippen molar-refractivity contribution in [2.45, 2.75) is 56.0 Å². The number of carbonyl (C=O) groups excluding carboxylic acids is 2. The maximum absolute atomic E-state index is 13.2. The normalized spacial score (nSPS) is 28.6. The van der Waals surface area contributed by atoms with Gasteiger partial charge in [0.05, 0.1) is 0 Å². The van der Waals surface area contributed by atoms with Crippen LogP contribution in [0.5, 0.6) is 0 Å². The Morgan fingerprint density at radius 3 is 2.17 bits per heavy atom. The van der Waals surface area contributed by atoms with Crippen molar-refractivity contribution >= 4 is 18.0 Å². The van der Waals surface area contributed by atoms with Gasteiger partial charge in [-0.05, 0) is 66.7 Å². The Hall–Kier alpha value is -3.35. The van der Waals surface area contributed by atoms with Crippen LogP contribution in [0.25, 0.3) is 11.1 Å². The zero-order valence-corrected chi connectivity index (χ0v) is 19.6. The van der Waals surface area contributed by atoms with Gasteiger partial charge in [0.2, 0.25) is 5.91 Å². The van der Waals surface area contributed by atoms with Crippen LogP contribution < -0.4 is 5.32 Å². The number of carbonyl (C=O) groups is 3. The number of hydrogen-bond donors (Lipinski definition) is 2. The summed E-state index contributed by atoms with van der Waals surface area (Å²) < 4.78 is 5.62. The SMILES string of the molecule is O=C(NC1CC(C(=O)N2CC3CCC2(C(=O)O)CC3)C1)OCC1c2ccccc2-c2ccccc21. The van der Waals surface area contributed by atoms with Crippen LogP contribution in [0.2, 0.25) is 0 Å². The van der Waals surface area contributed by atoms with Crippen LogP contribution in [0.3, 0.4) is 0 Å². The summed E-state index contributed by atoms with van der Waals surface area (Å²) in [5, 5.41) is 12.8. The van der Waals surface area contributed by atoms with Crippen molar-refractivity contribution in [3.05, 3.63) is 59.7 Å². The van der Waals surface area contributed by atoms with E-state index in [1.807, 2.05) is 24.3 Å². The number of fused-ring (bicyclic) bond motifs is 6. The third-order valence-electron chi connectivity index (χ3n) is 8.71. The van der Waals surface area contributed by atoms with Gasteiger partial charge in [-0.3, -0.25) is 4.79 Å². The van der Waals surface area contributed by atoms with E-state index in [-0.39, 0.29) is 30.4 Å². The molecule has 5 aliphatic rings. The molecule has 7 rings (SSSR count). The molecule has 7 heteroatoms. The molecule has 2 bridgehead atoms. The van der Waals surface area contributed by atoms with Crippen LogP contribution in [0.1, 0.15) is 55.6 Å². The van der Waals surface area contributed by atoms with E-state index in [2.05, 4.69) is 29.6 Å². The van der Waals surface area contributed by atoms with Gasteiger partial charge in [-0.25, -0.2) is 9.59 Å². The number of carboxylic acids is 1. The first-order chi connectivity index (χ1) is 17.0. The van der Waals surface area contributed by atoms with E-state index in [4.69, 9.17) is 4.74 Å². The molecule has 2 aliphatic heterocycles. The molecule has 2 heterocycles. The summed E-state index contributed by atoms with van der Waals surface area (Å²) in [4.78, 5) is 39.4. The predicted molar refractivity (Wildman–Crippen MR) is 129 cm³/mol. The molecule has 2 saturated heterocycles. The largest absolute Gasteiger partial charge is 0.479 e. The molecule has 4 fully saturated rings. The molecule has 0 unspecified atom stereocenters. The molecular formula is C28H30N2O5. The zero-order chi connectivity index (χ0) is 24.2. The average Bonchev–Trinajstić information content (AvgIpc) is 3.18. The van der Waals surface area contributed by atoms with Crippen molar-refractivity contribution in [2.75, 3.05) is 13.2 Å². The Kier molecular flexibility index (Phi) is 5.31. The zero-order valence-electron chi connectivity index (χ0n) is 19.6. The second kappa shape index (κ2) is 8.40. The highest BCUT2D eigenvalue weighted by Gasteiger charge is 2.55. The molecule has 3 aliphatic carbocycles. The molecule has 2 saturated carbocycles. The summed E-state index contributed by atoms with van der Waals surface area (Å²) in [6.07, 6.45) is 3.45.